The van der Waals surface area contributed by atoms with Gasteiger partial charge in [0.25, 0.3) is 0 Å². The highest BCUT2D eigenvalue weighted by molar-refractivity contribution is 5.98. The Bertz CT molecular complexity index is 451. The monoisotopic (exact) mass is 274 g/mol. The summed E-state index contributed by atoms with van der Waals surface area (Å²) in [6.07, 6.45) is 1.77. The van der Waals surface area contributed by atoms with Gasteiger partial charge in [-0.3, -0.25) is 9.59 Å². The van der Waals surface area contributed by atoms with E-state index in [1.807, 2.05) is 37.3 Å². The Labute approximate surface area is 120 Å². The topological polar surface area (TPSA) is 43.4 Å². The summed E-state index contributed by atoms with van der Waals surface area (Å²) < 4.78 is 5.83. The van der Waals surface area contributed by atoms with Crippen LogP contribution in [0.25, 0.3) is 0 Å². The van der Waals surface area contributed by atoms with Crippen LogP contribution in [0, 0.1) is 5.92 Å². The molecule has 1 rings (SSSR count). The number of ether oxygens (including phenoxy) is 1. The molecule has 0 aliphatic rings. The van der Waals surface area contributed by atoms with Gasteiger partial charge in [0.2, 0.25) is 0 Å². The van der Waals surface area contributed by atoms with Gasteiger partial charge in [0.1, 0.15) is 11.6 Å². The van der Waals surface area contributed by atoms with Crippen LogP contribution in [0.2, 0.25) is 0 Å². The Kier molecular flexibility index (Phi) is 6.88. The molecule has 0 spiro atoms. The summed E-state index contributed by atoms with van der Waals surface area (Å²) in [5, 5.41) is 0. The number of carbonyl (C=O) groups is 2. The Morgan fingerprint density at radius 1 is 1.30 bits per heavy atom. The molecule has 0 aliphatic carbocycles. The number of ketones is 2. The first-order chi connectivity index (χ1) is 9.52. The molecule has 0 heterocycles. The van der Waals surface area contributed by atoms with Crippen molar-refractivity contribution in [3.05, 3.63) is 48.6 Å². The van der Waals surface area contributed by atoms with Crippen LogP contribution < -0.4 is 0 Å². The van der Waals surface area contributed by atoms with Gasteiger partial charge < -0.3 is 4.74 Å². The molecular formula is C17H22O3. The van der Waals surface area contributed by atoms with E-state index in [2.05, 4.69) is 6.58 Å². The number of hydrogen-bond donors (Lipinski definition) is 0. The predicted molar refractivity (Wildman–Crippen MR) is 79.3 cm³/mol. The quantitative estimate of drug-likeness (QED) is 0.512. The molecule has 0 unspecified atom stereocenters. The van der Waals surface area contributed by atoms with E-state index >= 15 is 0 Å². The smallest absolute Gasteiger partial charge is 0.142 e. The number of hydrogen-bond acceptors (Lipinski definition) is 3. The Hall–Kier alpha value is -1.74. The zero-order valence-corrected chi connectivity index (χ0v) is 12.2. The van der Waals surface area contributed by atoms with Crippen molar-refractivity contribution in [2.45, 2.75) is 39.4 Å². The lowest BCUT2D eigenvalue weighted by molar-refractivity contribution is -0.128. The van der Waals surface area contributed by atoms with E-state index in [0.29, 0.717) is 6.61 Å². The minimum Gasteiger partial charge on any atom is -0.372 e. The zero-order chi connectivity index (χ0) is 15.0. The van der Waals surface area contributed by atoms with Crippen LogP contribution in [-0.2, 0) is 20.9 Å². The lowest BCUT2D eigenvalue weighted by Gasteiger charge is -2.21. The maximum absolute atomic E-state index is 11.8. The first kappa shape index (κ1) is 16.3. The molecule has 0 radical (unpaired) electrons. The third kappa shape index (κ3) is 5.93. The van der Waals surface area contributed by atoms with E-state index in [1.165, 1.54) is 6.92 Å². The van der Waals surface area contributed by atoms with Gasteiger partial charge in [0.15, 0.2) is 0 Å². The maximum atomic E-state index is 11.8. The van der Waals surface area contributed by atoms with Crippen molar-refractivity contribution in [1.82, 2.24) is 0 Å². The second-order valence-corrected chi connectivity index (χ2v) is 5.05. The fourth-order valence-corrected chi connectivity index (χ4v) is 1.90. The lowest BCUT2D eigenvalue weighted by Crippen LogP contribution is -2.24. The van der Waals surface area contributed by atoms with Crippen molar-refractivity contribution in [2.75, 3.05) is 0 Å². The van der Waals surface area contributed by atoms with Crippen molar-refractivity contribution in [3.63, 3.8) is 0 Å². The molecule has 0 bridgehead atoms. The number of rotatable bonds is 9. The zero-order valence-electron chi connectivity index (χ0n) is 12.2. The molecule has 0 amide bonds. The maximum Gasteiger partial charge on any atom is 0.142 e. The third-order valence-corrected chi connectivity index (χ3v) is 3.14. The van der Waals surface area contributed by atoms with E-state index < -0.39 is 0 Å². The van der Waals surface area contributed by atoms with Crippen molar-refractivity contribution >= 4 is 11.6 Å². The minimum absolute atomic E-state index is 0.0188. The third-order valence-electron chi connectivity index (χ3n) is 3.14. The molecule has 108 valence electrons. The molecule has 3 nitrogen and oxygen atoms in total. The largest absolute Gasteiger partial charge is 0.372 e. The Morgan fingerprint density at radius 3 is 2.50 bits per heavy atom. The van der Waals surface area contributed by atoms with E-state index in [-0.39, 0.29) is 36.4 Å². The van der Waals surface area contributed by atoms with Crippen LogP contribution in [0.4, 0.5) is 0 Å². The highest BCUT2D eigenvalue weighted by Gasteiger charge is 2.20. The predicted octanol–water partition coefficient (Wildman–Crippen LogP) is 3.33. The number of carbonyl (C=O) groups excluding carboxylic acids is 2. The molecule has 0 fully saturated rings. The summed E-state index contributed by atoms with van der Waals surface area (Å²) in [7, 11) is 0. The van der Waals surface area contributed by atoms with Crippen LogP contribution in [0.15, 0.2) is 43.0 Å². The van der Waals surface area contributed by atoms with Gasteiger partial charge in [-0.05, 0) is 12.5 Å². The van der Waals surface area contributed by atoms with Gasteiger partial charge in [-0.2, -0.15) is 0 Å². The van der Waals surface area contributed by atoms with Gasteiger partial charge in [0, 0.05) is 12.3 Å². The first-order valence-corrected chi connectivity index (χ1v) is 6.82. The lowest BCUT2D eigenvalue weighted by atomic mass is 9.98. The molecule has 0 saturated heterocycles. The second-order valence-electron chi connectivity index (χ2n) is 5.05. The van der Waals surface area contributed by atoms with Gasteiger partial charge in [-0.15, -0.1) is 6.58 Å². The fraction of sp³-hybridized carbons (Fsp3) is 0.412. The van der Waals surface area contributed by atoms with Crippen molar-refractivity contribution < 1.29 is 14.3 Å². The van der Waals surface area contributed by atoms with Gasteiger partial charge >= 0.3 is 0 Å². The molecule has 0 aliphatic heterocycles. The summed E-state index contributed by atoms with van der Waals surface area (Å²) in [6, 6.07) is 9.81. The molecule has 0 N–H and O–H groups in total. The average molecular weight is 274 g/mol. The van der Waals surface area contributed by atoms with Crippen LogP contribution in [0.1, 0.15) is 32.3 Å². The fourth-order valence-electron chi connectivity index (χ4n) is 1.90. The summed E-state index contributed by atoms with van der Waals surface area (Å²) in [4.78, 5) is 22.7. The molecule has 1 aromatic carbocycles. The number of benzene rings is 1. The van der Waals surface area contributed by atoms with E-state index in [1.54, 1.807) is 6.08 Å². The van der Waals surface area contributed by atoms with Crippen molar-refractivity contribution in [2.24, 2.45) is 5.92 Å². The molecule has 1 aromatic rings. The first-order valence-electron chi connectivity index (χ1n) is 6.82. The highest BCUT2D eigenvalue weighted by atomic mass is 16.5. The Morgan fingerprint density at radius 2 is 1.95 bits per heavy atom. The van der Waals surface area contributed by atoms with Gasteiger partial charge in [-0.25, -0.2) is 0 Å². The van der Waals surface area contributed by atoms with Crippen LogP contribution in [-0.4, -0.2) is 17.7 Å². The SMILES string of the molecule is C=C[C@H](C)[C@H](CC(=O)CC(C)=O)OCc1ccccc1. The van der Waals surface area contributed by atoms with E-state index in [0.717, 1.165) is 5.56 Å². The van der Waals surface area contributed by atoms with Crippen LogP contribution in [0.3, 0.4) is 0 Å². The second kappa shape index (κ2) is 8.43. The summed E-state index contributed by atoms with van der Waals surface area (Å²) in [6.45, 7) is 7.59. The molecule has 0 aromatic heterocycles. The van der Waals surface area contributed by atoms with Gasteiger partial charge in [-0.1, -0.05) is 43.3 Å². The Balaban J connectivity index is 2.58. The van der Waals surface area contributed by atoms with Gasteiger partial charge in [0.05, 0.1) is 19.1 Å². The van der Waals surface area contributed by atoms with Crippen molar-refractivity contribution in [3.8, 4) is 0 Å². The van der Waals surface area contributed by atoms with E-state index in [9.17, 15) is 9.59 Å². The summed E-state index contributed by atoms with van der Waals surface area (Å²) in [5.41, 5.74) is 1.06. The highest BCUT2D eigenvalue weighted by Crippen LogP contribution is 2.16. The normalized spacial score (nSPS) is 13.5. The molecule has 3 heteroatoms. The molecular weight excluding hydrogens is 252 g/mol. The number of Topliss-reactive ketones (excluding diaryl/α,β-unsaturated/α-hetero) is 2. The van der Waals surface area contributed by atoms with Crippen LogP contribution in [0.5, 0.6) is 0 Å². The minimum atomic E-state index is -0.237. The summed E-state index contributed by atoms with van der Waals surface area (Å²) in [5.74, 6) is -0.123. The molecule has 0 saturated carbocycles. The van der Waals surface area contributed by atoms with Crippen LogP contribution >= 0.6 is 0 Å². The average Bonchev–Trinajstić information content (AvgIpc) is 2.42. The summed E-state index contributed by atoms with van der Waals surface area (Å²) >= 11 is 0. The standard InChI is InChI=1S/C17H22O3/c1-4-13(2)17(11-16(19)10-14(3)18)20-12-15-8-6-5-7-9-15/h4-9,13,17H,1,10-12H2,2-3H3/t13-,17-/m0/s1. The van der Waals surface area contributed by atoms with E-state index in [4.69, 9.17) is 4.74 Å². The molecule has 2 atom stereocenters. The van der Waals surface area contributed by atoms with Crippen molar-refractivity contribution in [1.29, 1.82) is 0 Å². The molecule has 20 heavy (non-hydrogen) atoms.